The molecule has 0 radical (unpaired) electrons. The zero-order valence-corrected chi connectivity index (χ0v) is 21.1. The molecule has 1 amide bonds. The highest BCUT2D eigenvalue weighted by atomic mass is 19.1. The molecule has 2 atom stereocenters. The number of halogens is 1. The Kier molecular flexibility index (Phi) is 7.75. The lowest BCUT2D eigenvalue weighted by atomic mass is 9.87. The molecular formula is C31H29FNO5-. The normalized spacial score (nSPS) is 17.4. The predicted octanol–water partition coefficient (Wildman–Crippen LogP) is 5.28. The van der Waals surface area contributed by atoms with Crippen LogP contribution in [0.4, 0.5) is 9.18 Å². The van der Waals surface area contributed by atoms with Crippen LogP contribution in [0.25, 0.3) is 10.8 Å². The van der Waals surface area contributed by atoms with Crippen molar-refractivity contribution in [3.8, 4) is 11.5 Å². The van der Waals surface area contributed by atoms with Gasteiger partial charge in [0.05, 0.1) is 19.8 Å². The second-order valence-corrected chi connectivity index (χ2v) is 9.42. The number of carbonyl (C=O) groups excluding carboxylic acids is 1. The number of likely N-dealkylation sites (tertiary alicyclic amines) is 1. The van der Waals surface area contributed by atoms with Gasteiger partial charge in [0.25, 0.3) is 0 Å². The first-order valence-electron chi connectivity index (χ1n) is 12.6. The maximum atomic E-state index is 13.5. The summed E-state index contributed by atoms with van der Waals surface area (Å²) in [5, 5.41) is 13.6. The summed E-state index contributed by atoms with van der Waals surface area (Å²) in [6.07, 6.45) is -1.06. The lowest BCUT2D eigenvalue weighted by Gasteiger charge is -2.40. The fourth-order valence-electron chi connectivity index (χ4n) is 5.06. The predicted molar refractivity (Wildman–Crippen MR) is 141 cm³/mol. The zero-order chi connectivity index (χ0) is 26.5. The van der Waals surface area contributed by atoms with E-state index < -0.39 is 12.2 Å². The van der Waals surface area contributed by atoms with E-state index in [2.05, 4.69) is 6.07 Å². The Morgan fingerprint density at radius 3 is 2.53 bits per heavy atom. The van der Waals surface area contributed by atoms with Gasteiger partial charge in [-0.05, 0) is 53.3 Å². The fraction of sp³-hybridized carbons (Fsp3) is 0.258. The average Bonchev–Trinajstić information content (AvgIpc) is 2.95. The van der Waals surface area contributed by atoms with Crippen LogP contribution >= 0.6 is 0 Å². The molecule has 1 heterocycles. The molecule has 4 aromatic rings. The molecule has 38 heavy (non-hydrogen) atoms. The number of amides is 1. The number of methoxy groups -OCH3 is 1. The van der Waals surface area contributed by atoms with Crippen LogP contribution in [-0.2, 0) is 18.0 Å². The van der Waals surface area contributed by atoms with E-state index in [4.69, 9.17) is 14.2 Å². The molecule has 0 spiro atoms. The minimum atomic E-state index is -1.21. The molecular weight excluding hydrogens is 485 g/mol. The van der Waals surface area contributed by atoms with E-state index in [1.807, 2.05) is 54.6 Å². The van der Waals surface area contributed by atoms with Crippen LogP contribution in [0.3, 0.4) is 0 Å². The number of hydrogen-bond acceptors (Lipinski definition) is 5. The third-order valence-corrected chi connectivity index (χ3v) is 7.04. The van der Waals surface area contributed by atoms with E-state index in [0.717, 1.165) is 39.0 Å². The summed E-state index contributed by atoms with van der Waals surface area (Å²) in [7, 11) is 1.64. The molecule has 1 aliphatic rings. The number of hydrogen-bond donors (Lipinski definition) is 0. The zero-order valence-electron chi connectivity index (χ0n) is 21.1. The molecule has 5 rings (SSSR count). The second-order valence-electron chi connectivity index (χ2n) is 9.42. The molecule has 0 saturated carbocycles. The second kappa shape index (κ2) is 11.5. The van der Waals surface area contributed by atoms with Crippen molar-refractivity contribution >= 4 is 16.9 Å². The Labute approximate surface area is 221 Å². The van der Waals surface area contributed by atoms with Crippen molar-refractivity contribution < 1.29 is 28.5 Å². The number of piperidine rings is 1. The van der Waals surface area contributed by atoms with Crippen LogP contribution < -0.4 is 14.6 Å². The first-order valence-corrected chi connectivity index (χ1v) is 12.6. The summed E-state index contributed by atoms with van der Waals surface area (Å²) >= 11 is 0. The van der Waals surface area contributed by atoms with E-state index >= 15 is 0 Å². The molecule has 2 unspecified atom stereocenters. The van der Waals surface area contributed by atoms with E-state index in [-0.39, 0.29) is 24.9 Å². The minimum Gasteiger partial charge on any atom is -0.530 e. The summed E-state index contributed by atoms with van der Waals surface area (Å²) in [4.78, 5) is 12.8. The van der Waals surface area contributed by atoms with Crippen molar-refractivity contribution in [2.24, 2.45) is 0 Å². The quantitative estimate of drug-likeness (QED) is 0.320. The molecule has 0 aromatic heterocycles. The van der Waals surface area contributed by atoms with E-state index in [0.29, 0.717) is 19.6 Å². The van der Waals surface area contributed by atoms with Crippen LogP contribution in [0.2, 0.25) is 0 Å². The summed E-state index contributed by atoms with van der Waals surface area (Å²) in [6, 6.07) is 26.1. The van der Waals surface area contributed by atoms with Crippen molar-refractivity contribution in [1.82, 2.24) is 4.90 Å². The number of nitrogens with zero attached hydrogens (tertiary/aromatic N) is 1. The summed E-state index contributed by atoms with van der Waals surface area (Å²) < 4.78 is 31.6. The van der Waals surface area contributed by atoms with E-state index in [1.165, 1.54) is 17.0 Å². The van der Waals surface area contributed by atoms with Crippen molar-refractivity contribution in [2.45, 2.75) is 31.7 Å². The highest BCUT2D eigenvalue weighted by molar-refractivity contribution is 5.89. The van der Waals surface area contributed by atoms with Crippen LogP contribution in [0, 0.1) is 5.82 Å². The van der Waals surface area contributed by atoms with Gasteiger partial charge in [-0.3, -0.25) is 0 Å². The van der Waals surface area contributed by atoms with Crippen LogP contribution in [0.5, 0.6) is 11.5 Å². The van der Waals surface area contributed by atoms with Crippen molar-refractivity contribution in [1.29, 1.82) is 0 Å². The van der Waals surface area contributed by atoms with Crippen LogP contribution in [0.1, 0.15) is 29.0 Å². The lowest BCUT2D eigenvalue weighted by molar-refractivity contribution is -0.268. The minimum absolute atomic E-state index is 0.0621. The lowest BCUT2D eigenvalue weighted by Crippen LogP contribution is -2.51. The Morgan fingerprint density at radius 1 is 0.974 bits per heavy atom. The highest BCUT2D eigenvalue weighted by Gasteiger charge is 2.31. The molecule has 1 aliphatic heterocycles. The first kappa shape index (κ1) is 25.5. The standard InChI is InChI=1S/C31H30FNO5/c1-36-28-9-5-3-7-24(28)20-38-29-17-21(16-23-6-2-4-8-26(23)29)19-37-30-18-33(31(34)35)15-14-27(30)22-10-12-25(32)13-11-22/h2-13,16-17,27,30H,14-15,18-20H2,1H3,(H,34,35)/p-1. The van der Waals surface area contributed by atoms with Crippen LogP contribution in [0.15, 0.2) is 84.9 Å². The Hall–Kier alpha value is -4.10. The van der Waals surface area contributed by atoms with Gasteiger partial charge < -0.3 is 29.0 Å². The van der Waals surface area contributed by atoms with Gasteiger partial charge in [0, 0.05) is 30.0 Å². The molecule has 7 heteroatoms. The molecule has 6 nitrogen and oxygen atoms in total. The van der Waals surface area contributed by atoms with Gasteiger partial charge in [-0.15, -0.1) is 0 Å². The monoisotopic (exact) mass is 514 g/mol. The fourth-order valence-corrected chi connectivity index (χ4v) is 5.06. The summed E-state index contributed by atoms with van der Waals surface area (Å²) in [5.74, 6) is 1.11. The molecule has 196 valence electrons. The van der Waals surface area contributed by atoms with Gasteiger partial charge in [-0.25, -0.2) is 4.39 Å². The van der Waals surface area contributed by atoms with Crippen LogP contribution in [-0.4, -0.2) is 37.3 Å². The maximum absolute atomic E-state index is 13.5. The average molecular weight is 515 g/mol. The van der Waals surface area contributed by atoms with Crippen molar-refractivity contribution in [3.05, 3.63) is 107 Å². The molecule has 0 bridgehead atoms. The molecule has 1 fully saturated rings. The van der Waals surface area contributed by atoms with E-state index in [1.54, 1.807) is 19.2 Å². The number of ether oxygens (including phenoxy) is 3. The number of carbonyl (C=O) groups is 1. The Morgan fingerprint density at radius 2 is 1.74 bits per heavy atom. The number of benzene rings is 4. The van der Waals surface area contributed by atoms with Crippen molar-refractivity contribution in [3.63, 3.8) is 0 Å². The molecule has 4 aromatic carbocycles. The third-order valence-electron chi connectivity index (χ3n) is 7.04. The SMILES string of the molecule is COc1ccccc1COc1cc(COC2CN(C(=O)[O-])CCC2c2ccc(F)cc2)cc2ccccc12. The molecule has 1 saturated heterocycles. The van der Waals surface area contributed by atoms with Crippen molar-refractivity contribution in [2.75, 3.05) is 20.2 Å². The number of para-hydroxylation sites is 1. The smallest absolute Gasteiger partial charge is 0.137 e. The number of fused-ring (bicyclic) bond motifs is 1. The Bertz CT molecular complexity index is 1410. The molecule has 0 aliphatic carbocycles. The maximum Gasteiger partial charge on any atom is 0.137 e. The number of rotatable bonds is 8. The van der Waals surface area contributed by atoms with Gasteiger partial charge in [-0.2, -0.15) is 0 Å². The largest absolute Gasteiger partial charge is 0.530 e. The first-order chi connectivity index (χ1) is 18.5. The van der Waals surface area contributed by atoms with Gasteiger partial charge in [-0.1, -0.05) is 54.6 Å². The topological polar surface area (TPSA) is 71.1 Å². The highest BCUT2D eigenvalue weighted by Crippen LogP contribution is 2.33. The summed E-state index contributed by atoms with van der Waals surface area (Å²) in [5.41, 5.74) is 2.77. The van der Waals surface area contributed by atoms with Gasteiger partial charge >= 0.3 is 0 Å². The van der Waals surface area contributed by atoms with E-state index in [9.17, 15) is 14.3 Å². The summed E-state index contributed by atoms with van der Waals surface area (Å²) in [6.45, 7) is 1.14. The molecule has 0 N–H and O–H groups in total. The van der Waals surface area contributed by atoms with Gasteiger partial charge in [0.2, 0.25) is 0 Å². The number of carboxylic acid groups (broad SMARTS) is 1. The Balaban J connectivity index is 1.38. The third kappa shape index (κ3) is 5.73. The van der Waals surface area contributed by atoms with Gasteiger partial charge in [0.15, 0.2) is 0 Å². The van der Waals surface area contributed by atoms with Gasteiger partial charge in [0.1, 0.15) is 30.0 Å².